The van der Waals surface area contributed by atoms with Crippen molar-refractivity contribution in [2.45, 2.75) is 6.42 Å². The van der Waals surface area contributed by atoms with Gasteiger partial charge in [0.2, 0.25) is 0 Å². The SMILES string of the molecule is Nc1ccc2c(c1)N(CCc1ccsc1)C(=O)CO2. The van der Waals surface area contributed by atoms with Crippen LogP contribution in [-0.4, -0.2) is 19.1 Å². The van der Waals surface area contributed by atoms with Gasteiger partial charge in [-0.15, -0.1) is 0 Å². The predicted octanol–water partition coefficient (Wildman–Crippen LogP) is 2.30. The third-order valence-corrected chi connectivity index (χ3v) is 3.86. The average molecular weight is 274 g/mol. The molecule has 0 unspecified atom stereocenters. The molecule has 98 valence electrons. The predicted molar refractivity (Wildman–Crippen MR) is 76.7 cm³/mol. The Morgan fingerprint density at radius 2 is 2.26 bits per heavy atom. The van der Waals surface area contributed by atoms with Gasteiger partial charge in [0.05, 0.1) is 5.69 Å². The molecule has 2 heterocycles. The molecule has 1 aromatic carbocycles. The van der Waals surface area contributed by atoms with Crippen molar-refractivity contribution in [1.82, 2.24) is 0 Å². The van der Waals surface area contributed by atoms with Crippen LogP contribution in [0.25, 0.3) is 0 Å². The lowest BCUT2D eigenvalue weighted by Gasteiger charge is -2.29. The van der Waals surface area contributed by atoms with Crippen molar-refractivity contribution in [3.05, 3.63) is 40.6 Å². The molecule has 3 rings (SSSR count). The van der Waals surface area contributed by atoms with Gasteiger partial charge in [0.25, 0.3) is 5.91 Å². The molecule has 0 radical (unpaired) electrons. The Balaban J connectivity index is 1.84. The van der Waals surface area contributed by atoms with Crippen molar-refractivity contribution >= 4 is 28.6 Å². The van der Waals surface area contributed by atoms with E-state index in [4.69, 9.17) is 10.5 Å². The standard InChI is InChI=1S/C14H14N2O2S/c15-11-1-2-13-12(7-11)16(14(17)8-18-13)5-3-10-4-6-19-9-10/h1-2,4,6-7,9H,3,5,8,15H2. The highest BCUT2D eigenvalue weighted by molar-refractivity contribution is 7.07. The highest BCUT2D eigenvalue weighted by Crippen LogP contribution is 2.33. The van der Waals surface area contributed by atoms with Crippen LogP contribution in [0.4, 0.5) is 11.4 Å². The topological polar surface area (TPSA) is 55.6 Å². The molecule has 0 fully saturated rings. The molecule has 1 aliphatic heterocycles. The maximum atomic E-state index is 12.0. The van der Waals surface area contributed by atoms with Crippen molar-refractivity contribution in [3.63, 3.8) is 0 Å². The molecule has 0 aliphatic carbocycles. The third-order valence-electron chi connectivity index (χ3n) is 3.13. The van der Waals surface area contributed by atoms with Gasteiger partial charge in [-0.1, -0.05) is 0 Å². The van der Waals surface area contributed by atoms with Crippen LogP contribution in [0.1, 0.15) is 5.56 Å². The van der Waals surface area contributed by atoms with Gasteiger partial charge in [0, 0.05) is 12.2 Å². The van der Waals surface area contributed by atoms with E-state index < -0.39 is 0 Å². The van der Waals surface area contributed by atoms with Crippen molar-refractivity contribution < 1.29 is 9.53 Å². The number of hydrogen-bond acceptors (Lipinski definition) is 4. The van der Waals surface area contributed by atoms with E-state index in [1.165, 1.54) is 5.56 Å². The van der Waals surface area contributed by atoms with Gasteiger partial charge in [0.15, 0.2) is 6.61 Å². The second kappa shape index (κ2) is 4.93. The number of nitrogens with two attached hydrogens (primary N) is 1. The number of carbonyl (C=O) groups excluding carboxylic acids is 1. The lowest BCUT2D eigenvalue weighted by molar-refractivity contribution is -0.121. The maximum Gasteiger partial charge on any atom is 0.265 e. The minimum atomic E-state index is -0.0201. The number of hydrogen-bond donors (Lipinski definition) is 1. The van der Waals surface area contributed by atoms with Crippen LogP contribution in [0.5, 0.6) is 5.75 Å². The summed E-state index contributed by atoms with van der Waals surface area (Å²) in [5.74, 6) is 0.701. The minimum absolute atomic E-state index is 0.0201. The largest absolute Gasteiger partial charge is 0.482 e. The molecule has 5 heteroatoms. The molecule has 0 atom stereocenters. The van der Waals surface area contributed by atoms with E-state index in [-0.39, 0.29) is 12.5 Å². The summed E-state index contributed by atoms with van der Waals surface area (Å²) in [7, 11) is 0. The second-order valence-corrected chi connectivity index (χ2v) is 5.22. The van der Waals surface area contributed by atoms with E-state index in [0.717, 1.165) is 17.9 Å². The number of amides is 1. The highest BCUT2D eigenvalue weighted by atomic mass is 32.1. The zero-order valence-electron chi connectivity index (χ0n) is 10.3. The number of benzene rings is 1. The zero-order chi connectivity index (χ0) is 13.2. The first kappa shape index (κ1) is 12.0. The molecule has 0 bridgehead atoms. The average Bonchev–Trinajstić information content (AvgIpc) is 2.91. The van der Waals surface area contributed by atoms with Crippen LogP contribution in [0.15, 0.2) is 35.0 Å². The van der Waals surface area contributed by atoms with Gasteiger partial charge in [-0.3, -0.25) is 4.79 Å². The van der Waals surface area contributed by atoms with Crippen LogP contribution in [0.3, 0.4) is 0 Å². The summed E-state index contributed by atoms with van der Waals surface area (Å²) >= 11 is 1.67. The van der Waals surface area contributed by atoms with Gasteiger partial charge < -0.3 is 15.4 Å². The van der Waals surface area contributed by atoms with Crippen molar-refractivity contribution in [1.29, 1.82) is 0 Å². The van der Waals surface area contributed by atoms with Crippen molar-refractivity contribution in [2.24, 2.45) is 0 Å². The van der Waals surface area contributed by atoms with E-state index in [0.29, 0.717) is 12.2 Å². The minimum Gasteiger partial charge on any atom is -0.482 e. The van der Waals surface area contributed by atoms with Crippen LogP contribution < -0.4 is 15.4 Å². The Labute approximate surface area is 115 Å². The molecule has 0 saturated heterocycles. The monoisotopic (exact) mass is 274 g/mol. The summed E-state index contributed by atoms with van der Waals surface area (Å²) in [4.78, 5) is 13.7. The quantitative estimate of drug-likeness (QED) is 0.874. The number of nitrogens with zero attached hydrogens (tertiary/aromatic N) is 1. The molecule has 0 spiro atoms. The first-order valence-electron chi connectivity index (χ1n) is 6.08. The summed E-state index contributed by atoms with van der Waals surface area (Å²) in [6.45, 7) is 0.746. The number of fused-ring (bicyclic) bond motifs is 1. The number of ether oxygens (including phenoxy) is 1. The van der Waals surface area contributed by atoms with Crippen molar-refractivity contribution in [2.75, 3.05) is 23.8 Å². The smallest absolute Gasteiger partial charge is 0.265 e. The van der Waals surface area contributed by atoms with E-state index in [2.05, 4.69) is 11.4 Å². The number of thiophene rings is 1. The molecule has 2 N–H and O–H groups in total. The molecule has 2 aromatic rings. The van der Waals surface area contributed by atoms with E-state index in [1.807, 2.05) is 11.4 Å². The fraction of sp³-hybridized carbons (Fsp3) is 0.214. The molecule has 1 aromatic heterocycles. The highest BCUT2D eigenvalue weighted by Gasteiger charge is 2.25. The van der Waals surface area contributed by atoms with Crippen LogP contribution >= 0.6 is 11.3 Å². The fourth-order valence-electron chi connectivity index (χ4n) is 2.14. The molecule has 4 nitrogen and oxygen atoms in total. The molecular weight excluding hydrogens is 260 g/mol. The second-order valence-electron chi connectivity index (χ2n) is 4.44. The van der Waals surface area contributed by atoms with Gasteiger partial charge in [-0.05, 0) is 47.0 Å². The Morgan fingerprint density at radius 1 is 1.37 bits per heavy atom. The molecule has 19 heavy (non-hydrogen) atoms. The molecule has 1 aliphatic rings. The Hall–Kier alpha value is -2.01. The summed E-state index contributed by atoms with van der Waals surface area (Å²) in [6, 6.07) is 7.47. The van der Waals surface area contributed by atoms with Gasteiger partial charge in [-0.2, -0.15) is 11.3 Å². The summed E-state index contributed by atoms with van der Waals surface area (Å²) in [5.41, 5.74) is 8.44. The number of anilines is 2. The van der Waals surface area contributed by atoms with E-state index in [9.17, 15) is 4.79 Å². The Bertz CT molecular complexity index is 595. The first-order chi connectivity index (χ1) is 9.24. The van der Waals surface area contributed by atoms with E-state index in [1.54, 1.807) is 28.4 Å². The Morgan fingerprint density at radius 3 is 3.05 bits per heavy atom. The number of nitrogen functional groups attached to an aromatic ring is 1. The maximum absolute atomic E-state index is 12.0. The van der Waals surface area contributed by atoms with Crippen LogP contribution in [0.2, 0.25) is 0 Å². The molecule has 1 amide bonds. The number of carbonyl (C=O) groups is 1. The van der Waals surface area contributed by atoms with Crippen LogP contribution in [0, 0.1) is 0 Å². The lowest BCUT2D eigenvalue weighted by atomic mass is 10.1. The third kappa shape index (κ3) is 2.42. The van der Waals surface area contributed by atoms with Gasteiger partial charge in [-0.25, -0.2) is 0 Å². The summed E-state index contributed by atoms with van der Waals surface area (Å²) in [6.07, 6.45) is 0.837. The lowest BCUT2D eigenvalue weighted by Crippen LogP contribution is -2.40. The zero-order valence-corrected chi connectivity index (χ0v) is 11.2. The number of rotatable bonds is 3. The van der Waals surface area contributed by atoms with Crippen molar-refractivity contribution in [3.8, 4) is 5.75 Å². The first-order valence-corrected chi connectivity index (χ1v) is 7.02. The molecular formula is C14H14N2O2S. The normalized spacial score (nSPS) is 14.1. The van der Waals surface area contributed by atoms with Crippen LogP contribution in [-0.2, 0) is 11.2 Å². The fourth-order valence-corrected chi connectivity index (χ4v) is 2.84. The summed E-state index contributed by atoms with van der Waals surface area (Å²) in [5, 5.41) is 4.15. The van der Waals surface area contributed by atoms with Gasteiger partial charge in [0.1, 0.15) is 5.75 Å². The van der Waals surface area contributed by atoms with E-state index >= 15 is 0 Å². The Kier molecular flexibility index (Phi) is 3.13. The summed E-state index contributed by atoms with van der Waals surface area (Å²) < 4.78 is 5.41. The van der Waals surface area contributed by atoms with Gasteiger partial charge >= 0.3 is 0 Å². The molecule has 0 saturated carbocycles.